The highest BCUT2D eigenvalue weighted by atomic mass is 35.5. The summed E-state index contributed by atoms with van der Waals surface area (Å²) < 4.78 is 5.26. The first-order chi connectivity index (χ1) is 12.0. The number of nitrogens with one attached hydrogen (secondary N) is 2. The summed E-state index contributed by atoms with van der Waals surface area (Å²) in [6, 6.07) is 8.27. The van der Waals surface area contributed by atoms with Crippen LogP contribution < -0.4 is 11.1 Å². The van der Waals surface area contributed by atoms with Gasteiger partial charge in [-0.05, 0) is 19.9 Å². The Balaban J connectivity index is 1.66. The molecule has 1 amide bonds. The first kappa shape index (κ1) is 17.2. The molecule has 25 heavy (non-hydrogen) atoms. The number of aryl methyl sites for hydroxylation is 2. The van der Waals surface area contributed by atoms with Crippen molar-refractivity contribution in [2.75, 3.05) is 0 Å². The van der Waals surface area contributed by atoms with Gasteiger partial charge in [0.1, 0.15) is 11.7 Å². The molecule has 0 saturated carbocycles. The molecule has 0 saturated heterocycles. The average Bonchev–Trinajstić information content (AvgIpc) is 3.19. The van der Waals surface area contributed by atoms with Crippen molar-refractivity contribution in [3.8, 4) is 11.3 Å². The van der Waals surface area contributed by atoms with Crippen molar-refractivity contribution in [1.29, 1.82) is 0 Å². The third-order valence-corrected chi connectivity index (χ3v) is 4.25. The second-order valence-corrected chi connectivity index (χ2v) is 6.11. The van der Waals surface area contributed by atoms with E-state index in [9.17, 15) is 4.79 Å². The molecule has 2 aromatic heterocycles. The van der Waals surface area contributed by atoms with E-state index in [1.165, 1.54) is 0 Å². The Labute approximate surface area is 149 Å². The summed E-state index contributed by atoms with van der Waals surface area (Å²) in [5, 5.41) is 14.2. The molecule has 0 fully saturated rings. The Kier molecular flexibility index (Phi) is 4.87. The largest absolute Gasteiger partial charge is 0.359 e. The van der Waals surface area contributed by atoms with Gasteiger partial charge in [-0.25, -0.2) is 0 Å². The molecule has 0 aliphatic rings. The Bertz CT molecular complexity index is 883. The number of benzene rings is 1. The highest BCUT2D eigenvalue weighted by Crippen LogP contribution is 2.27. The van der Waals surface area contributed by atoms with Crippen LogP contribution in [0.5, 0.6) is 0 Å². The molecule has 0 bridgehead atoms. The number of aromatic amines is 1. The Hall–Kier alpha value is -2.64. The lowest BCUT2D eigenvalue weighted by Crippen LogP contribution is -2.34. The second-order valence-electron chi connectivity index (χ2n) is 5.70. The third-order valence-electron chi connectivity index (χ3n) is 3.92. The quantitative estimate of drug-likeness (QED) is 0.648. The van der Waals surface area contributed by atoms with Crippen LogP contribution >= 0.6 is 11.6 Å². The predicted octanol–water partition coefficient (Wildman–Crippen LogP) is 2.65. The second kappa shape index (κ2) is 7.08. The van der Waals surface area contributed by atoms with E-state index in [0.29, 0.717) is 27.7 Å². The van der Waals surface area contributed by atoms with Crippen molar-refractivity contribution in [3.63, 3.8) is 0 Å². The van der Waals surface area contributed by atoms with Crippen LogP contribution in [0.25, 0.3) is 11.3 Å². The molecule has 3 aromatic rings. The Morgan fingerprint density at radius 2 is 2.16 bits per heavy atom. The normalized spacial score (nSPS) is 12.2. The fourth-order valence-electron chi connectivity index (χ4n) is 2.63. The van der Waals surface area contributed by atoms with E-state index in [1.54, 1.807) is 19.1 Å². The van der Waals surface area contributed by atoms with Crippen molar-refractivity contribution in [3.05, 3.63) is 58.1 Å². The third kappa shape index (κ3) is 3.57. The molecule has 0 aliphatic carbocycles. The van der Waals surface area contributed by atoms with E-state index < -0.39 is 6.04 Å². The fourth-order valence-corrected chi connectivity index (χ4v) is 2.86. The molecule has 0 radical (unpaired) electrons. The van der Waals surface area contributed by atoms with Gasteiger partial charge in [0.25, 0.3) is 0 Å². The van der Waals surface area contributed by atoms with Crippen LogP contribution in [0, 0.1) is 13.8 Å². The van der Waals surface area contributed by atoms with Crippen LogP contribution in [-0.2, 0) is 11.3 Å². The number of carbonyl (C=O) groups excluding carboxylic acids is 1. The van der Waals surface area contributed by atoms with E-state index in [1.807, 2.05) is 25.1 Å². The first-order valence-corrected chi connectivity index (χ1v) is 8.10. The van der Waals surface area contributed by atoms with Gasteiger partial charge < -0.3 is 15.6 Å². The zero-order valence-electron chi connectivity index (χ0n) is 13.8. The maximum absolute atomic E-state index is 12.3. The summed E-state index contributed by atoms with van der Waals surface area (Å²) in [6.07, 6.45) is 0. The van der Waals surface area contributed by atoms with E-state index in [2.05, 4.69) is 20.7 Å². The van der Waals surface area contributed by atoms with Crippen LogP contribution in [0.3, 0.4) is 0 Å². The Morgan fingerprint density at radius 1 is 1.40 bits per heavy atom. The minimum atomic E-state index is -0.801. The highest BCUT2D eigenvalue weighted by molar-refractivity contribution is 6.33. The number of nitrogens with zero attached hydrogens (tertiary/aromatic N) is 2. The monoisotopic (exact) mass is 359 g/mol. The molecule has 7 nitrogen and oxygen atoms in total. The summed E-state index contributed by atoms with van der Waals surface area (Å²) in [4.78, 5) is 12.3. The van der Waals surface area contributed by atoms with Gasteiger partial charge >= 0.3 is 0 Å². The zero-order chi connectivity index (χ0) is 18.0. The van der Waals surface area contributed by atoms with Crippen molar-refractivity contribution in [2.45, 2.75) is 26.4 Å². The number of aromatic nitrogens is 3. The molecule has 130 valence electrons. The van der Waals surface area contributed by atoms with Gasteiger partial charge in [-0.1, -0.05) is 35.0 Å². The zero-order valence-corrected chi connectivity index (χ0v) is 14.6. The van der Waals surface area contributed by atoms with Crippen molar-refractivity contribution >= 4 is 17.5 Å². The SMILES string of the molecule is Cc1n[nH]c(C)c1C(N)C(=O)NCc1cc(-c2ccccc2Cl)no1. The van der Waals surface area contributed by atoms with E-state index in [0.717, 1.165) is 11.3 Å². The van der Waals surface area contributed by atoms with Crippen molar-refractivity contribution < 1.29 is 9.32 Å². The number of H-pyrrole nitrogens is 1. The summed E-state index contributed by atoms with van der Waals surface area (Å²) in [7, 11) is 0. The minimum absolute atomic E-state index is 0.180. The summed E-state index contributed by atoms with van der Waals surface area (Å²) in [6.45, 7) is 3.81. The van der Waals surface area contributed by atoms with Crippen LogP contribution in [0.4, 0.5) is 0 Å². The Morgan fingerprint density at radius 3 is 2.84 bits per heavy atom. The maximum atomic E-state index is 12.3. The number of halogens is 1. The van der Waals surface area contributed by atoms with Gasteiger partial charge in [0.05, 0.1) is 17.3 Å². The smallest absolute Gasteiger partial charge is 0.242 e. The summed E-state index contributed by atoms with van der Waals surface area (Å²) in [5.74, 6) is 0.194. The van der Waals surface area contributed by atoms with Gasteiger partial charge in [-0.15, -0.1) is 0 Å². The van der Waals surface area contributed by atoms with E-state index in [-0.39, 0.29) is 12.5 Å². The first-order valence-electron chi connectivity index (χ1n) is 7.72. The van der Waals surface area contributed by atoms with E-state index in [4.69, 9.17) is 21.9 Å². The number of amides is 1. The van der Waals surface area contributed by atoms with Crippen LogP contribution in [-0.4, -0.2) is 21.3 Å². The topological polar surface area (TPSA) is 110 Å². The van der Waals surface area contributed by atoms with Gasteiger partial charge in [-0.2, -0.15) is 5.10 Å². The van der Waals surface area contributed by atoms with Crippen LogP contribution in [0.2, 0.25) is 5.02 Å². The molecule has 1 aromatic carbocycles. The number of carbonyl (C=O) groups is 1. The molecule has 0 spiro atoms. The van der Waals surface area contributed by atoms with Crippen LogP contribution in [0.1, 0.15) is 28.8 Å². The molecule has 8 heteroatoms. The van der Waals surface area contributed by atoms with Gasteiger partial charge in [0, 0.05) is 22.9 Å². The molecule has 1 atom stereocenters. The molecule has 2 heterocycles. The summed E-state index contributed by atoms with van der Waals surface area (Å²) in [5.41, 5.74) is 9.60. The molecular formula is C17H18ClN5O2. The fraction of sp³-hybridized carbons (Fsp3) is 0.235. The molecule has 0 aliphatic heterocycles. The molecule has 1 unspecified atom stereocenters. The number of hydrogen-bond donors (Lipinski definition) is 3. The number of rotatable bonds is 5. The van der Waals surface area contributed by atoms with Crippen molar-refractivity contribution in [2.24, 2.45) is 5.73 Å². The van der Waals surface area contributed by atoms with E-state index >= 15 is 0 Å². The highest BCUT2D eigenvalue weighted by Gasteiger charge is 2.22. The maximum Gasteiger partial charge on any atom is 0.242 e. The lowest BCUT2D eigenvalue weighted by molar-refractivity contribution is -0.122. The van der Waals surface area contributed by atoms with Gasteiger partial charge in [0.2, 0.25) is 5.91 Å². The average molecular weight is 360 g/mol. The molecular weight excluding hydrogens is 342 g/mol. The minimum Gasteiger partial charge on any atom is -0.359 e. The standard InChI is InChI=1S/C17H18ClN5O2/c1-9-15(10(2)22-21-9)16(19)17(24)20-8-11-7-14(23-25-11)12-5-3-4-6-13(12)18/h3-7,16H,8,19H2,1-2H3,(H,20,24)(H,21,22). The lowest BCUT2D eigenvalue weighted by atomic mass is 10.1. The predicted molar refractivity (Wildman–Crippen MR) is 93.8 cm³/mol. The number of hydrogen-bond acceptors (Lipinski definition) is 5. The lowest BCUT2D eigenvalue weighted by Gasteiger charge is -2.11. The summed E-state index contributed by atoms with van der Waals surface area (Å²) >= 11 is 6.15. The molecule has 4 N–H and O–H groups in total. The van der Waals surface area contributed by atoms with Crippen molar-refractivity contribution in [1.82, 2.24) is 20.7 Å². The van der Waals surface area contributed by atoms with Gasteiger partial charge in [0.15, 0.2) is 5.76 Å². The van der Waals surface area contributed by atoms with Gasteiger partial charge in [-0.3, -0.25) is 9.89 Å². The molecule has 3 rings (SSSR count). The van der Waals surface area contributed by atoms with Crippen LogP contribution in [0.15, 0.2) is 34.9 Å². The number of nitrogens with two attached hydrogens (primary N) is 1.